The Bertz CT molecular complexity index is 1500. The summed E-state index contributed by atoms with van der Waals surface area (Å²) >= 11 is 0. The predicted molar refractivity (Wildman–Crippen MR) is 138 cm³/mol. The van der Waals surface area contributed by atoms with Crippen LogP contribution in [0.3, 0.4) is 0 Å². The van der Waals surface area contributed by atoms with Crippen LogP contribution in [0.15, 0.2) is 40.8 Å². The number of hydroxylamine groups is 1. The number of rotatable bonds is 13. The number of carbonyl (C=O) groups excluding carboxylic acids is 3. The minimum atomic E-state index is -3.13. The van der Waals surface area contributed by atoms with Crippen molar-refractivity contribution < 1.29 is 55.4 Å². The molecule has 4 N–H and O–H groups in total. The summed E-state index contributed by atoms with van der Waals surface area (Å²) in [5, 5.41) is 2.27. The van der Waals surface area contributed by atoms with Gasteiger partial charge in [0.25, 0.3) is 11.8 Å². The molecule has 1 heterocycles. The molecule has 0 bridgehead atoms. The zero-order chi connectivity index (χ0) is 31.3. The monoisotopic (exact) mass is 610 g/mol. The van der Waals surface area contributed by atoms with E-state index in [0.717, 1.165) is 32.1 Å². The molecule has 3 aromatic rings. The molecule has 2 aromatic carbocycles. The predicted octanol–water partition coefficient (Wildman–Crippen LogP) is 4.32. The van der Waals surface area contributed by atoms with Crippen molar-refractivity contribution in [3.05, 3.63) is 65.1 Å². The Hall–Kier alpha value is -4.86. The summed E-state index contributed by atoms with van der Waals surface area (Å²) in [6, 6.07) is 4.40. The Morgan fingerprint density at radius 2 is 1.86 bits per heavy atom. The molecule has 1 saturated carbocycles. The normalized spacial score (nSPS) is 14.1. The molecule has 0 spiro atoms. The van der Waals surface area contributed by atoms with E-state index in [-0.39, 0.29) is 41.2 Å². The Balaban J connectivity index is 1.72. The van der Waals surface area contributed by atoms with Gasteiger partial charge in [0.2, 0.25) is 5.89 Å². The van der Waals surface area contributed by atoms with Crippen LogP contribution in [0.25, 0.3) is 11.5 Å². The zero-order valence-corrected chi connectivity index (χ0v) is 22.7. The Labute approximate surface area is 241 Å². The number of nitrogens with zero attached hydrogens (tertiary/aromatic N) is 1. The van der Waals surface area contributed by atoms with Crippen LogP contribution in [0.4, 0.5) is 22.4 Å². The van der Waals surface area contributed by atoms with E-state index in [4.69, 9.17) is 19.6 Å². The van der Waals surface area contributed by atoms with E-state index in [1.54, 1.807) is 0 Å². The van der Waals surface area contributed by atoms with E-state index in [1.807, 2.05) is 5.48 Å². The third-order valence-electron chi connectivity index (χ3n) is 6.12. The number of primary amides is 1. The first-order valence-corrected chi connectivity index (χ1v) is 12.7. The second-order valence-electron chi connectivity index (χ2n) is 9.35. The zero-order valence-electron chi connectivity index (χ0n) is 22.7. The van der Waals surface area contributed by atoms with Gasteiger partial charge in [-0.15, -0.1) is 0 Å². The first kappa shape index (κ1) is 31.1. The molecule has 0 aliphatic heterocycles. The third-order valence-corrected chi connectivity index (χ3v) is 6.12. The van der Waals surface area contributed by atoms with E-state index in [2.05, 4.69) is 19.9 Å². The first-order chi connectivity index (χ1) is 20.5. The highest BCUT2D eigenvalue weighted by atomic mass is 19.3. The quantitative estimate of drug-likeness (QED) is 0.189. The molecule has 0 saturated heterocycles. The Morgan fingerprint density at radius 1 is 1.12 bits per heavy atom. The fourth-order valence-electron chi connectivity index (χ4n) is 3.94. The minimum Gasteiger partial charge on any atom is -0.489 e. The van der Waals surface area contributed by atoms with Gasteiger partial charge in [0.15, 0.2) is 29.1 Å². The molecule has 2 unspecified atom stereocenters. The molecule has 1 fully saturated rings. The smallest absolute Gasteiger partial charge is 0.405 e. The van der Waals surface area contributed by atoms with E-state index in [9.17, 15) is 31.9 Å². The number of nitrogens with two attached hydrogens (primary N) is 1. The van der Waals surface area contributed by atoms with Gasteiger partial charge in [0, 0.05) is 17.2 Å². The molecule has 1 aromatic heterocycles. The van der Waals surface area contributed by atoms with E-state index >= 15 is 0 Å². The van der Waals surface area contributed by atoms with Crippen molar-refractivity contribution in [1.82, 2.24) is 15.8 Å². The fraction of sp³-hybridized carbons (Fsp3) is 0.333. The van der Waals surface area contributed by atoms with Gasteiger partial charge in [-0.25, -0.2) is 24.0 Å². The second kappa shape index (κ2) is 13.4. The first-order valence-electron chi connectivity index (χ1n) is 12.7. The van der Waals surface area contributed by atoms with E-state index in [0.29, 0.717) is 6.07 Å². The molecule has 16 heteroatoms. The lowest BCUT2D eigenvalue weighted by Gasteiger charge is -2.18. The summed E-state index contributed by atoms with van der Waals surface area (Å²) in [6.07, 6.45) is -0.656. The number of amides is 3. The van der Waals surface area contributed by atoms with Gasteiger partial charge in [0.05, 0.1) is 13.7 Å². The number of aromatic nitrogens is 1. The average Bonchev–Trinajstić information content (AvgIpc) is 3.65. The summed E-state index contributed by atoms with van der Waals surface area (Å²) in [5.41, 5.74) is 6.31. The topological polar surface area (TPSA) is 164 Å². The number of halogens is 4. The van der Waals surface area contributed by atoms with Crippen molar-refractivity contribution in [2.24, 2.45) is 11.7 Å². The molecular formula is C27H26F4N4O8. The second-order valence-corrected chi connectivity index (χ2v) is 9.35. The van der Waals surface area contributed by atoms with Crippen LogP contribution in [0, 0.1) is 17.6 Å². The summed E-state index contributed by atoms with van der Waals surface area (Å²) in [7, 11) is 1.10. The van der Waals surface area contributed by atoms with Crippen molar-refractivity contribution in [2.75, 3.05) is 13.7 Å². The van der Waals surface area contributed by atoms with Crippen LogP contribution in [0.5, 0.6) is 11.5 Å². The summed E-state index contributed by atoms with van der Waals surface area (Å²) in [4.78, 5) is 46.3. The number of ether oxygens (including phenoxy) is 3. The summed E-state index contributed by atoms with van der Waals surface area (Å²) in [6.45, 7) is -1.56. The van der Waals surface area contributed by atoms with Gasteiger partial charge in [-0.05, 0) is 49.9 Å². The lowest BCUT2D eigenvalue weighted by Crippen LogP contribution is -2.41. The molecule has 2 atom stereocenters. The summed E-state index contributed by atoms with van der Waals surface area (Å²) < 4.78 is 74.9. The number of hydrogen-bond donors (Lipinski definition) is 3. The van der Waals surface area contributed by atoms with Crippen molar-refractivity contribution in [2.45, 2.75) is 38.5 Å². The number of alkyl halides is 2. The van der Waals surface area contributed by atoms with Crippen LogP contribution in [-0.4, -0.2) is 43.2 Å². The molecule has 3 amide bonds. The molecule has 4 rings (SSSR count). The van der Waals surface area contributed by atoms with Gasteiger partial charge < -0.3 is 29.7 Å². The van der Waals surface area contributed by atoms with Gasteiger partial charge in [-0.2, -0.15) is 8.78 Å². The van der Waals surface area contributed by atoms with Gasteiger partial charge in [0.1, 0.15) is 17.7 Å². The largest absolute Gasteiger partial charge is 0.489 e. The minimum absolute atomic E-state index is 0.0417. The van der Waals surface area contributed by atoms with Gasteiger partial charge in [-0.3, -0.25) is 14.4 Å². The Morgan fingerprint density at radius 3 is 2.49 bits per heavy atom. The van der Waals surface area contributed by atoms with Crippen molar-refractivity contribution in [3.63, 3.8) is 0 Å². The fourth-order valence-corrected chi connectivity index (χ4v) is 3.94. The molecule has 12 nitrogen and oxygen atoms in total. The lowest BCUT2D eigenvalue weighted by molar-refractivity contribution is -0.133. The average molecular weight is 611 g/mol. The van der Waals surface area contributed by atoms with Gasteiger partial charge in [-0.1, -0.05) is 6.07 Å². The SMILES string of the molecule is CONC(=O)C(NC(=O)c1nc(-c2ccc(OC(F)F)c(OCC3CC3)c2)oc1C(C)OC(N)=O)c1ccc(F)cc1F. The maximum atomic E-state index is 14.6. The van der Waals surface area contributed by atoms with Crippen molar-refractivity contribution in [3.8, 4) is 23.0 Å². The maximum Gasteiger partial charge on any atom is 0.405 e. The number of hydrogen-bond acceptors (Lipinski definition) is 9. The van der Waals surface area contributed by atoms with Gasteiger partial charge >= 0.3 is 12.7 Å². The maximum absolute atomic E-state index is 14.6. The van der Waals surface area contributed by atoms with Crippen LogP contribution in [0.2, 0.25) is 0 Å². The van der Waals surface area contributed by atoms with Crippen molar-refractivity contribution in [1.29, 1.82) is 0 Å². The number of oxazole rings is 1. The number of nitrogens with one attached hydrogen (secondary N) is 2. The Kier molecular flexibility index (Phi) is 9.70. The van der Waals surface area contributed by atoms with Crippen LogP contribution in [0.1, 0.15) is 53.7 Å². The number of benzene rings is 2. The highest BCUT2D eigenvalue weighted by Crippen LogP contribution is 2.37. The molecule has 1 aliphatic carbocycles. The third kappa shape index (κ3) is 7.91. The molecular weight excluding hydrogens is 584 g/mol. The van der Waals surface area contributed by atoms with Crippen molar-refractivity contribution >= 4 is 17.9 Å². The standard InChI is InChI=1S/C27H26F4N4O8/c1-12(41-27(32)38)22-21(23(36)33-20(24(37)35-39-2)16-7-6-15(28)10-17(16)29)34-25(43-22)14-5-8-18(42-26(30)31)19(9-14)40-11-13-3-4-13/h5-10,12-13,20,26H,3-4,11H2,1-2H3,(H2,32,38)(H,33,36)(H,35,37). The molecule has 43 heavy (non-hydrogen) atoms. The van der Waals surface area contributed by atoms with Crippen LogP contribution < -0.4 is 26.0 Å². The molecule has 230 valence electrons. The molecule has 0 radical (unpaired) electrons. The van der Waals surface area contributed by atoms with Crippen LogP contribution in [-0.2, 0) is 14.4 Å². The molecule has 1 aliphatic rings. The highest BCUT2D eigenvalue weighted by Gasteiger charge is 2.32. The summed E-state index contributed by atoms with van der Waals surface area (Å²) in [5.74, 6) is -4.79. The highest BCUT2D eigenvalue weighted by molar-refractivity contribution is 5.97. The van der Waals surface area contributed by atoms with E-state index < -0.39 is 59.6 Å². The number of carbonyl (C=O) groups is 3. The van der Waals surface area contributed by atoms with E-state index in [1.165, 1.54) is 25.1 Å². The van der Waals surface area contributed by atoms with Crippen LogP contribution >= 0.6 is 0 Å². The lowest BCUT2D eigenvalue weighted by atomic mass is 10.0.